The number of nitrogens with zero attached hydrogens (tertiary/aromatic N) is 2. The molecule has 0 saturated heterocycles. The lowest BCUT2D eigenvalue weighted by Crippen LogP contribution is -2.38. The van der Waals surface area contributed by atoms with Crippen molar-refractivity contribution in [3.05, 3.63) is 306 Å². The summed E-state index contributed by atoms with van der Waals surface area (Å²) in [5, 5.41) is 6.92. The van der Waals surface area contributed by atoms with Crippen LogP contribution in [0.25, 0.3) is 65.7 Å². The van der Waals surface area contributed by atoms with E-state index in [-0.39, 0.29) is 53.4 Å². The van der Waals surface area contributed by atoms with Gasteiger partial charge in [-0.3, -0.25) is 0 Å². The topological polar surface area (TPSA) is 8.17 Å². The highest BCUT2D eigenvalue weighted by Gasteiger charge is 2.53. The largest absolute Gasteiger partial charge is 0.335 e. The molecule has 3 unspecified atom stereocenters. The normalized spacial score (nSPS) is 18.6. The van der Waals surface area contributed by atoms with E-state index in [2.05, 4.69) is 217 Å². The fourth-order valence-corrected chi connectivity index (χ4v) is 12.4. The second kappa shape index (κ2) is 16.8. The molecule has 2 nitrogen and oxygen atoms in total. The Hall–Kier alpha value is -8.72. The molecule has 0 spiro atoms. The molecule has 11 aromatic rings. The molecule has 0 saturated carbocycles. The van der Waals surface area contributed by atoms with Crippen molar-refractivity contribution in [2.45, 2.75) is 23.8 Å². The van der Waals surface area contributed by atoms with E-state index < -0.39 is 5.41 Å². The van der Waals surface area contributed by atoms with Crippen LogP contribution in [-0.4, -0.2) is 10.6 Å². The van der Waals surface area contributed by atoms with E-state index in [4.69, 9.17) is 0 Å². The molecule has 14 rings (SSSR count). The van der Waals surface area contributed by atoms with Crippen LogP contribution >= 0.6 is 0 Å². The molecule has 71 heavy (non-hydrogen) atoms. The Balaban J connectivity index is 0.914. The van der Waals surface area contributed by atoms with Gasteiger partial charge in [0.1, 0.15) is 0 Å². The predicted octanol–water partition coefficient (Wildman–Crippen LogP) is 17.2. The van der Waals surface area contributed by atoms with Crippen molar-refractivity contribution in [2.75, 3.05) is 4.90 Å². The van der Waals surface area contributed by atoms with Gasteiger partial charge in [0.25, 0.3) is 0 Å². The maximum absolute atomic E-state index is 10.1. The van der Waals surface area contributed by atoms with Crippen LogP contribution < -0.4 is 4.90 Å². The second-order valence-electron chi connectivity index (χ2n) is 19.2. The number of allylic oxidation sites excluding steroid dienone is 5. The van der Waals surface area contributed by atoms with Crippen molar-refractivity contribution in [3.63, 3.8) is 0 Å². The van der Waals surface area contributed by atoms with Gasteiger partial charge < -0.3 is 9.47 Å². The number of rotatable bonds is 8. The van der Waals surface area contributed by atoms with E-state index in [0.717, 1.165) is 44.2 Å². The number of hydrogen-bond acceptors (Lipinski definition) is 1. The third kappa shape index (κ3) is 6.55. The molecular formula is C69H50N2. The van der Waals surface area contributed by atoms with Crippen LogP contribution in [0.15, 0.2) is 279 Å². The maximum atomic E-state index is 10.1. The van der Waals surface area contributed by atoms with Crippen molar-refractivity contribution >= 4 is 54.6 Å². The first-order valence-electron chi connectivity index (χ1n) is 26.8. The molecule has 3 atom stereocenters. The summed E-state index contributed by atoms with van der Waals surface area (Å²) < 4.78 is 41.9. The zero-order valence-electron chi connectivity index (χ0n) is 43.0. The van der Waals surface area contributed by atoms with Gasteiger partial charge in [-0.15, -0.1) is 0 Å². The zero-order chi connectivity index (χ0) is 50.4. The molecule has 3 aliphatic carbocycles. The SMILES string of the molecule is [2H]c1c([2H])c(-n2c3ccccc3c3ccccc32)c([2H])c([2H])c1N(C1=CC2C(C=C1)c1ccccc1C2(c1ccccc1)c1ccccc1)C1C=CC(c2ccc(-c3cc4ccccc4c4ccccc34)cc2)=CC1. The zero-order valence-corrected chi connectivity index (χ0v) is 39.0. The Morgan fingerprint density at radius 1 is 0.507 bits per heavy atom. The predicted molar refractivity (Wildman–Crippen MR) is 298 cm³/mol. The molecule has 1 heterocycles. The maximum Gasteiger partial charge on any atom is 0.0646 e. The van der Waals surface area contributed by atoms with Gasteiger partial charge in [0.2, 0.25) is 0 Å². The molecule has 0 aliphatic heterocycles. The Kier molecular flexibility index (Phi) is 8.78. The summed E-state index contributed by atoms with van der Waals surface area (Å²) in [5.74, 6) is -0.0522. The van der Waals surface area contributed by atoms with Crippen LogP contribution in [0.3, 0.4) is 0 Å². The molecule has 0 radical (unpaired) electrons. The minimum Gasteiger partial charge on any atom is -0.335 e. The molecule has 0 bridgehead atoms. The Morgan fingerprint density at radius 2 is 1.08 bits per heavy atom. The monoisotopic (exact) mass is 910 g/mol. The van der Waals surface area contributed by atoms with Gasteiger partial charge in [-0.05, 0) is 121 Å². The van der Waals surface area contributed by atoms with Crippen LogP contribution in [-0.2, 0) is 5.41 Å². The average Bonchev–Trinajstić information content (AvgIpc) is 4.08. The van der Waals surface area contributed by atoms with Crippen LogP contribution in [0, 0.1) is 5.92 Å². The smallest absolute Gasteiger partial charge is 0.0646 e. The van der Waals surface area contributed by atoms with Gasteiger partial charge in [0, 0.05) is 39.7 Å². The van der Waals surface area contributed by atoms with E-state index >= 15 is 0 Å². The number of aromatic nitrogens is 1. The molecule has 2 heteroatoms. The minimum absolute atomic E-state index is 0.0401. The fraction of sp³-hybridized carbons (Fsp3) is 0.0725. The van der Waals surface area contributed by atoms with E-state index in [9.17, 15) is 5.48 Å². The molecule has 1 aromatic heterocycles. The second-order valence-corrected chi connectivity index (χ2v) is 19.2. The number of benzene rings is 10. The van der Waals surface area contributed by atoms with Crippen molar-refractivity contribution < 1.29 is 5.48 Å². The first-order valence-corrected chi connectivity index (χ1v) is 24.8. The summed E-state index contributed by atoms with van der Waals surface area (Å²) >= 11 is 0. The summed E-state index contributed by atoms with van der Waals surface area (Å²) in [5.41, 5.74) is 11.9. The van der Waals surface area contributed by atoms with E-state index in [1.54, 1.807) is 0 Å². The number of fused-ring (bicyclic) bond motifs is 9. The van der Waals surface area contributed by atoms with Gasteiger partial charge in [-0.1, -0.05) is 225 Å². The quantitative estimate of drug-likeness (QED) is 0.138. The van der Waals surface area contributed by atoms with Crippen molar-refractivity contribution in [2.24, 2.45) is 5.92 Å². The van der Waals surface area contributed by atoms with Crippen LogP contribution in [0.2, 0.25) is 0 Å². The third-order valence-electron chi connectivity index (χ3n) is 15.5. The van der Waals surface area contributed by atoms with Gasteiger partial charge in [0.05, 0.1) is 28.0 Å². The molecule has 0 amide bonds. The summed E-state index contributed by atoms with van der Waals surface area (Å²) in [4.78, 5) is 2.10. The van der Waals surface area contributed by atoms with Gasteiger partial charge >= 0.3 is 0 Å². The summed E-state index contributed by atoms with van der Waals surface area (Å²) in [6.07, 6.45) is 14.1. The highest BCUT2D eigenvalue weighted by atomic mass is 15.2. The molecule has 0 N–H and O–H groups in total. The van der Waals surface area contributed by atoms with Crippen molar-refractivity contribution in [3.8, 4) is 16.8 Å². The summed E-state index contributed by atoms with van der Waals surface area (Å²) in [6, 6.07) is 74.2. The standard InChI is InChI=1S/C69H50N2/c1-3-18-51(19-4-1)69(52-20-5-2-6-21-52)65-28-14-11-25-60(65)61-44-43-56(46-66(61)69)70(54-39-41-55(42-40-54)71-67-29-15-12-26-62(67)63-27-13-16-30-68(63)71)53-37-35-48(36-38-53)47-31-33-49(34-32-47)64-45-50-17-7-8-22-57(50)58-23-9-10-24-59(58)64/h1-37,39-46,53,61,66H,38H2/i39D,40D,41D,42D. The minimum atomic E-state index is -0.568. The first-order chi connectivity index (χ1) is 36.9. The lowest BCUT2D eigenvalue weighted by Gasteiger charge is -2.41. The number of para-hydroxylation sites is 2. The van der Waals surface area contributed by atoms with Crippen molar-refractivity contribution in [1.82, 2.24) is 4.57 Å². The lowest BCUT2D eigenvalue weighted by atomic mass is 9.63. The van der Waals surface area contributed by atoms with Crippen LogP contribution in [0.5, 0.6) is 0 Å². The van der Waals surface area contributed by atoms with Crippen LogP contribution in [0.4, 0.5) is 5.69 Å². The van der Waals surface area contributed by atoms with Gasteiger partial charge in [0.15, 0.2) is 0 Å². The summed E-state index contributed by atoms with van der Waals surface area (Å²) in [7, 11) is 0. The number of anilines is 1. The summed E-state index contributed by atoms with van der Waals surface area (Å²) in [6.45, 7) is 0. The molecular weight excluding hydrogens is 857 g/mol. The van der Waals surface area contributed by atoms with Gasteiger partial charge in [-0.25, -0.2) is 0 Å². The molecule has 10 aromatic carbocycles. The van der Waals surface area contributed by atoms with E-state index in [1.165, 1.54) is 49.4 Å². The van der Waals surface area contributed by atoms with E-state index in [0.29, 0.717) is 6.42 Å². The Labute approximate surface area is 420 Å². The number of hydrogen-bond donors (Lipinski definition) is 0. The molecule has 336 valence electrons. The highest BCUT2D eigenvalue weighted by Crippen LogP contribution is 2.60. The Bertz CT molecular complexity index is 4100. The average molecular weight is 911 g/mol. The fourth-order valence-electron chi connectivity index (χ4n) is 12.4. The lowest BCUT2D eigenvalue weighted by molar-refractivity contribution is 0.452. The first kappa shape index (κ1) is 37.2. The highest BCUT2D eigenvalue weighted by molar-refractivity contribution is 6.14. The van der Waals surface area contributed by atoms with Gasteiger partial charge in [-0.2, -0.15) is 0 Å². The van der Waals surface area contributed by atoms with Crippen molar-refractivity contribution in [1.29, 1.82) is 0 Å². The third-order valence-corrected chi connectivity index (χ3v) is 15.5. The molecule has 0 fully saturated rings. The van der Waals surface area contributed by atoms with Crippen LogP contribution in [0.1, 0.15) is 45.6 Å². The van der Waals surface area contributed by atoms with E-state index in [1.807, 2.05) is 41.0 Å². The molecule has 3 aliphatic rings. The Morgan fingerprint density at radius 3 is 1.76 bits per heavy atom.